The molecular formula is C8H10N2O2. The highest BCUT2D eigenvalue weighted by molar-refractivity contribution is 5.75. The van der Waals surface area contributed by atoms with Gasteiger partial charge in [0.25, 0.3) is 0 Å². The maximum atomic E-state index is 9.08. The number of hydrogen-bond donors (Lipinski definition) is 3. The summed E-state index contributed by atoms with van der Waals surface area (Å²) in [5.41, 5.74) is 0.325. The molecule has 0 fully saturated rings. The summed E-state index contributed by atoms with van der Waals surface area (Å²) in [7, 11) is 0. The zero-order valence-electron chi connectivity index (χ0n) is 6.65. The quantitative estimate of drug-likeness (QED) is 0.585. The summed E-state index contributed by atoms with van der Waals surface area (Å²) >= 11 is 0. The topological polar surface area (TPSA) is 68.6 Å². The minimum absolute atomic E-state index is 0.0971. The molecule has 0 aliphatic heterocycles. The predicted octanol–water partition coefficient (Wildman–Crippen LogP) is 1.70. The number of aliphatic imine (C=N–C) groups is 1. The molecule has 0 bridgehead atoms. The van der Waals surface area contributed by atoms with Gasteiger partial charge in [0.05, 0.1) is 0 Å². The molecule has 0 aromatic carbocycles. The van der Waals surface area contributed by atoms with Crippen LogP contribution in [0.5, 0.6) is 11.8 Å². The van der Waals surface area contributed by atoms with Crippen molar-refractivity contribution in [1.29, 1.82) is 0 Å². The summed E-state index contributed by atoms with van der Waals surface area (Å²) in [4.78, 5) is 6.17. The third-order valence-corrected chi connectivity index (χ3v) is 1.25. The van der Waals surface area contributed by atoms with Gasteiger partial charge in [-0.15, -0.1) is 0 Å². The number of allylic oxidation sites excluding steroid dienone is 2. The van der Waals surface area contributed by atoms with Crippen molar-refractivity contribution in [1.82, 2.24) is 4.98 Å². The van der Waals surface area contributed by atoms with Crippen LogP contribution in [0.1, 0.15) is 6.92 Å². The van der Waals surface area contributed by atoms with Crippen molar-refractivity contribution in [2.24, 2.45) is 4.99 Å². The molecule has 0 saturated carbocycles. The molecule has 0 radical (unpaired) electrons. The Morgan fingerprint density at radius 3 is 2.75 bits per heavy atom. The number of nitrogens with zero attached hydrogens (tertiary/aromatic N) is 1. The molecule has 4 heteroatoms. The van der Waals surface area contributed by atoms with E-state index in [1.807, 2.05) is 13.0 Å². The Bertz CT molecular complexity index is 313. The summed E-state index contributed by atoms with van der Waals surface area (Å²) in [6.45, 7) is 1.86. The summed E-state index contributed by atoms with van der Waals surface area (Å²) in [5.74, 6) is -0.228. The standard InChI is InChI=1S/C8H10N2O2/c1-2-3-4-9-6-5-7(11)10-8(6)12/h2-5,10-12H,1H3/b3-2+,9-4?. The second-order valence-corrected chi connectivity index (χ2v) is 2.19. The van der Waals surface area contributed by atoms with E-state index in [-0.39, 0.29) is 11.8 Å². The molecule has 64 valence electrons. The lowest BCUT2D eigenvalue weighted by Crippen LogP contribution is -1.63. The molecule has 0 aliphatic carbocycles. The van der Waals surface area contributed by atoms with Crippen molar-refractivity contribution in [3.8, 4) is 11.8 Å². The van der Waals surface area contributed by atoms with E-state index < -0.39 is 0 Å². The van der Waals surface area contributed by atoms with Crippen LogP contribution in [-0.4, -0.2) is 21.4 Å². The van der Waals surface area contributed by atoms with Gasteiger partial charge in [0, 0.05) is 12.3 Å². The lowest BCUT2D eigenvalue weighted by Gasteiger charge is -1.84. The van der Waals surface area contributed by atoms with Gasteiger partial charge in [0.2, 0.25) is 5.88 Å². The van der Waals surface area contributed by atoms with Crippen LogP contribution in [0.2, 0.25) is 0 Å². The molecule has 1 rings (SSSR count). The fourth-order valence-electron chi connectivity index (χ4n) is 0.727. The third-order valence-electron chi connectivity index (χ3n) is 1.25. The molecule has 0 saturated heterocycles. The molecule has 0 atom stereocenters. The number of aromatic nitrogens is 1. The first-order chi connectivity index (χ1) is 5.74. The van der Waals surface area contributed by atoms with Crippen molar-refractivity contribution in [2.75, 3.05) is 0 Å². The van der Waals surface area contributed by atoms with E-state index in [4.69, 9.17) is 10.2 Å². The van der Waals surface area contributed by atoms with Gasteiger partial charge in [-0.25, -0.2) is 0 Å². The Morgan fingerprint density at radius 1 is 1.50 bits per heavy atom. The molecule has 0 amide bonds. The molecular weight excluding hydrogens is 156 g/mol. The maximum Gasteiger partial charge on any atom is 0.217 e. The molecule has 0 spiro atoms. The monoisotopic (exact) mass is 166 g/mol. The molecule has 12 heavy (non-hydrogen) atoms. The SMILES string of the molecule is C/C=C/C=Nc1cc(O)[nH]c1O. The number of H-pyrrole nitrogens is 1. The Kier molecular flexibility index (Phi) is 2.53. The second-order valence-electron chi connectivity index (χ2n) is 2.19. The summed E-state index contributed by atoms with van der Waals surface area (Å²) in [6.07, 6.45) is 5.07. The fourth-order valence-corrected chi connectivity index (χ4v) is 0.727. The normalized spacial score (nSPS) is 11.8. The van der Waals surface area contributed by atoms with E-state index in [1.165, 1.54) is 12.3 Å². The van der Waals surface area contributed by atoms with Crippen LogP contribution in [-0.2, 0) is 0 Å². The first-order valence-corrected chi connectivity index (χ1v) is 3.50. The first-order valence-electron chi connectivity index (χ1n) is 3.50. The minimum atomic E-state index is -0.131. The molecule has 1 aromatic heterocycles. The number of aromatic amines is 1. The van der Waals surface area contributed by atoms with Crippen LogP contribution in [0.25, 0.3) is 0 Å². The molecule has 1 heterocycles. The van der Waals surface area contributed by atoms with Crippen LogP contribution in [0.15, 0.2) is 23.2 Å². The number of nitrogens with one attached hydrogen (secondary N) is 1. The fraction of sp³-hybridized carbons (Fsp3) is 0.125. The maximum absolute atomic E-state index is 9.08. The summed E-state index contributed by atoms with van der Waals surface area (Å²) in [5, 5.41) is 18.0. The second kappa shape index (κ2) is 3.61. The lowest BCUT2D eigenvalue weighted by molar-refractivity contribution is 0.426. The van der Waals surface area contributed by atoms with Crippen LogP contribution >= 0.6 is 0 Å². The van der Waals surface area contributed by atoms with Crippen LogP contribution in [0, 0.1) is 0 Å². The van der Waals surface area contributed by atoms with Gasteiger partial charge in [0.15, 0.2) is 5.88 Å². The van der Waals surface area contributed by atoms with E-state index in [9.17, 15) is 0 Å². The zero-order valence-corrected chi connectivity index (χ0v) is 6.65. The lowest BCUT2D eigenvalue weighted by atomic mass is 10.5. The van der Waals surface area contributed by atoms with Crippen LogP contribution in [0.3, 0.4) is 0 Å². The Hall–Kier alpha value is -1.71. The van der Waals surface area contributed by atoms with E-state index in [2.05, 4.69) is 9.98 Å². The number of hydrogen-bond acceptors (Lipinski definition) is 3. The highest BCUT2D eigenvalue weighted by atomic mass is 16.3. The van der Waals surface area contributed by atoms with Gasteiger partial charge in [-0.1, -0.05) is 6.08 Å². The highest BCUT2D eigenvalue weighted by Gasteiger charge is 2.02. The highest BCUT2D eigenvalue weighted by Crippen LogP contribution is 2.29. The average Bonchev–Trinajstić information content (AvgIpc) is 2.31. The average molecular weight is 166 g/mol. The van der Waals surface area contributed by atoms with Gasteiger partial charge >= 0.3 is 0 Å². The molecule has 0 unspecified atom stereocenters. The molecule has 1 aromatic rings. The minimum Gasteiger partial charge on any atom is -0.494 e. The van der Waals surface area contributed by atoms with Crippen LogP contribution < -0.4 is 0 Å². The van der Waals surface area contributed by atoms with Crippen molar-refractivity contribution in [3.63, 3.8) is 0 Å². The van der Waals surface area contributed by atoms with Crippen molar-refractivity contribution >= 4 is 11.9 Å². The predicted molar refractivity (Wildman–Crippen MR) is 47.1 cm³/mol. The Balaban J connectivity index is 2.81. The van der Waals surface area contributed by atoms with Gasteiger partial charge < -0.3 is 10.2 Å². The summed E-state index contributed by atoms with van der Waals surface area (Å²) in [6, 6.07) is 1.34. The molecule has 4 nitrogen and oxygen atoms in total. The van der Waals surface area contributed by atoms with Crippen molar-refractivity contribution < 1.29 is 10.2 Å². The molecule has 0 aliphatic rings. The van der Waals surface area contributed by atoms with Crippen LogP contribution in [0.4, 0.5) is 5.69 Å². The van der Waals surface area contributed by atoms with Gasteiger partial charge in [-0.3, -0.25) is 9.98 Å². The van der Waals surface area contributed by atoms with E-state index in [0.717, 1.165) is 0 Å². The Labute approximate surface area is 69.9 Å². The number of aromatic hydroxyl groups is 2. The zero-order chi connectivity index (χ0) is 8.97. The van der Waals surface area contributed by atoms with E-state index >= 15 is 0 Å². The largest absolute Gasteiger partial charge is 0.494 e. The van der Waals surface area contributed by atoms with E-state index in [0.29, 0.717) is 5.69 Å². The van der Waals surface area contributed by atoms with Gasteiger partial charge in [-0.05, 0) is 13.0 Å². The van der Waals surface area contributed by atoms with Gasteiger partial charge in [0.1, 0.15) is 5.69 Å². The van der Waals surface area contributed by atoms with E-state index in [1.54, 1.807) is 6.08 Å². The molecule has 3 N–H and O–H groups in total. The number of rotatable bonds is 2. The summed E-state index contributed by atoms with van der Waals surface area (Å²) < 4.78 is 0. The Morgan fingerprint density at radius 2 is 2.25 bits per heavy atom. The van der Waals surface area contributed by atoms with Gasteiger partial charge in [-0.2, -0.15) is 0 Å². The van der Waals surface area contributed by atoms with Crippen molar-refractivity contribution in [3.05, 3.63) is 18.2 Å². The first kappa shape index (κ1) is 8.39. The van der Waals surface area contributed by atoms with Crippen molar-refractivity contribution in [2.45, 2.75) is 6.92 Å². The third kappa shape index (κ3) is 1.88. The smallest absolute Gasteiger partial charge is 0.217 e.